The number of nitrogens with one attached hydrogen (secondary N) is 1. The number of rotatable bonds is 4. The molecule has 0 saturated heterocycles. The molecule has 2 atom stereocenters. The molecule has 0 aliphatic carbocycles. The number of amides is 1. The molecule has 2 aromatic carbocycles. The van der Waals surface area contributed by atoms with Crippen LogP contribution in [0.4, 0.5) is 0 Å². The van der Waals surface area contributed by atoms with Gasteiger partial charge in [-0.3, -0.25) is 9.89 Å². The molecule has 6 nitrogen and oxygen atoms in total. The standard InChI is InChI=1S/C23H25Cl2N3O3/c1-12-14-5-4-6-17(23(2,3)31)15(14)9-13(11-29)28(12)20(30)10-16-18(24)7-8-19-21(16)22(25)27-26-19/h4-8,12-13,29,31H,9-11H2,1-3H3,(H,26,27)/t12-,13+/m0/s1. The first-order chi connectivity index (χ1) is 14.6. The molecule has 1 aliphatic rings. The van der Waals surface area contributed by atoms with Crippen molar-refractivity contribution < 1.29 is 15.0 Å². The van der Waals surface area contributed by atoms with Crippen LogP contribution in [0.2, 0.25) is 10.2 Å². The normalized spacial score (nSPS) is 19.0. The van der Waals surface area contributed by atoms with Crippen molar-refractivity contribution in [2.24, 2.45) is 0 Å². The average molecular weight is 462 g/mol. The van der Waals surface area contributed by atoms with Gasteiger partial charge in [-0.05, 0) is 61.6 Å². The summed E-state index contributed by atoms with van der Waals surface area (Å²) < 4.78 is 0. The van der Waals surface area contributed by atoms with Crippen LogP contribution in [-0.2, 0) is 23.2 Å². The predicted octanol–water partition coefficient (Wildman–Crippen LogP) is 4.15. The van der Waals surface area contributed by atoms with Crippen LogP contribution >= 0.6 is 23.2 Å². The van der Waals surface area contributed by atoms with Crippen molar-refractivity contribution in [2.75, 3.05) is 6.61 Å². The van der Waals surface area contributed by atoms with Gasteiger partial charge in [-0.1, -0.05) is 41.4 Å². The summed E-state index contributed by atoms with van der Waals surface area (Å²) in [6.07, 6.45) is 0.503. The Kier molecular flexibility index (Phi) is 5.77. The summed E-state index contributed by atoms with van der Waals surface area (Å²) in [6.45, 7) is 5.26. The Morgan fingerprint density at radius 2 is 2.03 bits per heavy atom. The number of benzene rings is 2. The molecule has 0 fully saturated rings. The Morgan fingerprint density at radius 1 is 1.29 bits per heavy atom. The second kappa shape index (κ2) is 8.10. The van der Waals surface area contributed by atoms with Crippen LogP contribution in [0.5, 0.6) is 0 Å². The Bertz CT molecular complexity index is 1150. The maximum Gasteiger partial charge on any atom is 0.227 e. The second-order valence-electron chi connectivity index (χ2n) is 8.59. The van der Waals surface area contributed by atoms with Crippen molar-refractivity contribution in [1.29, 1.82) is 0 Å². The quantitative estimate of drug-likeness (QED) is 0.544. The van der Waals surface area contributed by atoms with E-state index in [1.807, 2.05) is 25.1 Å². The fourth-order valence-corrected chi connectivity index (χ4v) is 5.18. The largest absolute Gasteiger partial charge is 0.394 e. The van der Waals surface area contributed by atoms with Crippen molar-refractivity contribution >= 4 is 40.0 Å². The molecule has 1 amide bonds. The van der Waals surface area contributed by atoms with Crippen molar-refractivity contribution in [3.8, 4) is 0 Å². The van der Waals surface area contributed by atoms with E-state index in [9.17, 15) is 15.0 Å². The Morgan fingerprint density at radius 3 is 2.71 bits per heavy atom. The van der Waals surface area contributed by atoms with Gasteiger partial charge >= 0.3 is 0 Å². The van der Waals surface area contributed by atoms with Crippen molar-refractivity contribution in [3.05, 3.63) is 62.8 Å². The van der Waals surface area contributed by atoms with E-state index in [1.54, 1.807) is 30.9 Å². The highest BCUT2D eigenvalue weighted by atomic mass is 35.5. The summed E-state index contributed by atoms with van der Waals surface area (Å²) in [6, 6.07) is 8.59. The molecular formula is C23H25Cl2N3O3. The zero-order valence-corrected chi connectivity index (χ0v) is 19.1. The Hall–Kier alpha value is -2.12. The van der Waals surface area contributed by atoms with Gasteiger partial charge in [0.2, 0.25) is 5.91 Å². The zero-order chi connectivity index (χ0) is 22.5. The van der Waals surface area contributed by atoms with Crippen LogP contribution in [-0.4, -0.2) is 43.9 Å². The highest BCUT2D eigenvalue weighted by molar-refractivity contribution is 6.37. The van der Waals surface area contributed by atoms with Crippen molar-refractivity contribution in [1.82, 2.24) is 15.1 Å². The number of H-pyrrole nitrogens is 1. The van der Waals surface area contributed by atoms with Crippen molar-refractivity contribution in [2.45, 2.75) is 51.3 Å². The predicted molar refractivity (Wildman–Crippen MR) is 121 cm³/mol. The number of hydrogen-bond acceptors (Lipinski definition) is 4. The number of hydrogen-bond donors (Lipinski definition) is 3. The minimum Gasteiger partial charge on any atom is -0.394 e. The molecule has 0 saturated carbocycles. The average Bonchev–Trinajstić information content (AvgIpc) is 3.09. The maximum atomic E-state index is 13.5. The molecule has 3 aromatic rings. The van der Waals surface area contributed by atoms with E-state index in [4.69, 9.17) is 23.2 Å². The van der Waals surface area contributed by atoms with E-state index in [1.165, 1.54) is 0 Å². The highest BCUT2D eigenvalue weighted by Crippen LogP contribution is 2.39. The van der Waals surface area contributed by atoms with E-state index in [2.05, 4.69) is 10.2 Å². The number of fused-ring (bicyclic) bond motifs is 2. The number of aliphatic hydroxyl groups is 2. The topological polar surface area (TPSA) is 89.5 Å². The number of carbonyl (C=O) groups is 1. The van der Waals surface area contributed by atoms with Crippen LogP contribution in [0.15, 0.2) is 30.3 Å². The van der Waals surface area contributed by atoms with Crippen LogP contribution < -0.4 is 0 Å². The van der Waals surface area contributed by atoms with Gasteiger partial charge in [-0.2, -0.15) is 5.10 Å². The van der Waals surface area contributed by atoms with Gasteiger partial charge in [-0.15, -0.1) is 0 Å². The number of halogens is 2. The van der Waals surface area contributed by atoms with Gasteiger partial charge in [0.15, 0.2) is 5.15 Å². The molecule has 164 valence electrons. The molecule has 0 spiro atoms. The van der Waals surface area contributed by atoms with E-state index >= 15 is 0 Å². The monoisotopic (exact) mass is 461 g/mol. The summed E-state index contributed by atoms with van der Waals surface area (Å²) >= 11 is 12.7. The van der Waals surface area contributed by atoms with Crippen LogP contribution in [0.3, 0.4) is 0 Å². The first kappa shape index (κ1) is 22.1. The third-order valence-electron chi connectivity index (χ3n) is 6.14. The summed E-state index contributed by atoms with van der Waals surface area (Å²) in [7, 11) is 0. The molecule has 8 heteroatoms. The lowest BCUT2D eigenvalue weighted by Gasteiger charge is -2.43. The first-order valence-corrected chi connectivity index (χ1v) is 11.0. The third-order valence-corrected chi connectivity index (χ3v) is 6.76. The number of aromatic amines is 1. The lowest BCUT2D eigenvalue weighted by Crippen LogP contribution is -2.49. The first-order valence-electron chi connectivity index (χ1n) is 10.2. The van der Waals surface area contributed by atoms with Crippen LogP contribution in [0.1, 0.15) is 49.1 Å². The van der Waals surface area contributed by atoms with E-state index < -0.39 is 11.6 Å². The molecule has 31 heavy (non-hydrogen) atoms. The smallest absolute Gasteiger partial charge is 0.227 e. The molecule has 0 bridgehead atoms. The summed E-state index contributed by atoms with van der Waals surface area (Å²) in [5, 5.41) is 29.0. The van der Waals surface area contributed by atoms with E-state index in [-0.39, 0.29) is 30.1 Å². The van der Waals surface area contributed by atoms with Gasteiger partial charge in [0.25, 0.3) is 0 Å². The molecule has 0 radical (unpaired) electrons. The lowest BCUT2D eigenvalue weighted by atomic mass is 9.81. The van der Waals surface area contributed by atoms with Gasteiger partial charge in [-0.25, -0.2) is 0 Å². The van der Waals surface area contributed by atoms with Crippen molar-refractivity contribution in [3.63, 3.8) is 0 Å². The lowest BCUT2D eigenvalue weighted by molar-refractivity contribution is -0.137. The molecule has 2 heterocycles. The zero-order valence-electron chi connectivity index (χ0n) is 17.6. The highest BCUT2D eigenvalue weighted by Gasteiger charge is 2.37. The van der Waals surface area contributed by atoms with Gasteiger partial charge in [0.05, 0.1) is 36.2 Å². The summed E-state index contributed by atoms with van der Waals surface area (Å²) in [5.41, 5.74) is 3.09. The van der Waals surface area contributed by atoms with Gasteiger partial charge in [0.1, 0.15) is 0 Å². The fraction of sp³-hybridized carbons (Fsp3) is 0.391. The summed E-state index contributed by atoms with van der Waals surface area (Å²) in [4.78, 5) is 15.2. The second-order valence-corrected chi connectivity index (χ2v) is 9.35. The molecular weight excluding hydrogens is 437 g/mol. The number of aromatic nitrogens is 2. The van der Waals surface area contributed by atoms with E-state index in [0.29, 0.717) is 27.9 Å². The fourth-order valence-electron chi connectivity index (χ4n) is 4.70. The van der Waals surface area contributed by atoms with E-state index in [0.717, 1.165) is 16.7 Å². The van der Waals surface area contributed by atoms with Crippen LogP contribution in [0.25, 0.3) is 10.9 Å². The number of nitrogens with zero attached hydrogens (tertiary/aromatic N) is 2. The maximum absolute atomic E-state index is 13.5. The summed E-state index contributed by atoms with van der Waals surface area (Å²) in [5.74, 6) is -0.155. The molecule has 0 unspecified atom stereocenters. The third kappa shape index (κ3) is 3.82. The minimum absolute atomic E-state index is 0.0385. The number of aliphatic hydroxyl groups excluding tert-OH is 1. The number of carbonyl (C=O) groups excluding carboxylic acids is 1. The SMILES string of the molecule is C[C@H]1c2cccc(C(C)(C)O)c2C[C@H](CO)N1C(=O)Cc1c(Cl)ccc2[nH]nc(Cl)c12. The van der Waals surface area contributed by atoms with Gasteiger partial charge < -0.3 is 15.1 Å². The molecule has 3 N–H and O–H groups in total. The Balaban J connectivity index is 1.73. The van der Waals surface area contributed by atoms with Crippen LogP contribution in [0, 0.1) is 0 Å². The molecule has 1 aliphatic heterocycles. The molecule has 1 aromatic heterocycles. The Labute approximate surface area is 190 Å². The van der Waals surface area contributed by atoms with Gasteiger partial charge in [0, 0.05) is 10.4 Å². The molecule has 4 rings (SSSR count). The minimum atomic E-state index is -1.02.